The lowest BCUT2D eigenvalue weighted by molar-refractivity contribution is 0.0948. The van der Waals surface area contributed by atoms with Gasteiger partial charge in [-0.25, -0.2) is 4.68 Å². The van der Waals surface area contributed by atoms with Crippen LogP contribution in [0.4, 0.5) is 0 Å². The van der Waals surface area contributed by atoms with Crippen LogP contribution >= 0.6 is 0 Å². The number of pyridine rings is 1. The Balaban J connectivity index is 1.56. The van der Waals surface area contributed by atoms with Gasteiger partial charge in [-0.15, -0.1) is 10.2 Å². The number of carbonyl (C=O) groups is 1. The zero-order chi connectivity index (χ0) is 18.8. The van der Waals surface area contributed by atoms with Gasteiger partial charge in [0, 0.05) is 31.1 Å². The number of hydrogen-bond acceptors (Lipinski definition) is 5. The molecule has 8 heteroatoms. The number of benzene rings is 1. The Labute approximate surface area is 154 Å². The van der Waals surface area contributed by atoms with Gasteiger partial charge in [0.15, 0.2) is 11.3 Å². The second-order valence-electron chi connectivity index (χ2n) is 6.07. The molecule has 4 rings (SSSR count). The zero-order valence-electron chi connectivity index (χ0n) is 14.8. The van der Waals surface area contributed by atoms with Crippen LogP contribution in [0.2, 0.25) is 0 Å². The molecule has 0 unspecified atom stereocenters. The largest absolute Gasteiger partial charge is 0.350 e. The standard InChI is InChI=1S/C19H18N6O2/c1-2-25-19(27)14-8-4-3-7-13(14)17(23-25)18(26)20-11-10-16-22-21-15-9-5-6-12-24(15)16/h3-9,12H,2,10-11H2,1H3,(H,20,26). The maximum absolute atomic E-state index is 12.7. The van der Waals surface area contributed by atoms with Crippen molar-refractivity contribution in [2.75, 3.05) is 6.54 Å². The second kappa shape index (κ2) is 6.99. The Morgan fingerprint density at radius 2 is 1.85 bits per heavy atom. The molecule has 1 N–H and O–H groups in total. The molecule has 0 spiro atoms. The third-order valence-electron chi connectivity index (χ3n) is 4.40. The van der Waals surface area contributed by atoms with Gasteiger partial charge in [0.2, 0.25) is 0 Å². The average molecular weight is 362 g/mol. The quantitative estimate of drug-likeness (QED) is 0.580. The molecule has 0 aliphatic heterocycles. The highest BCUT2D eigenvalue weighted by Gasteiger charge is 2.16. The Kier molecular flexibility index (Phi) is 4.37. The fourth-order valence-electron chi connectivity index (χ4n) is 3.05. The summed E-state index contributed by atoms with van der Waals surface area (Å²) in [5, 5.41) is 16.4. The van der Waals surface area contributed by atoms with Crippen molar-refractivity contribution in [3.63, 3.8) is 0 Å². The number of carbonyl (C=O) groups excluding carboxylic acids is 1. The van der Waals surface area contributed by atoms with Crippen LogP contribution in [0.15, 0.2) is 53.5 Å². The van der Waals surface area contributed by atoms with E-state index in [1.54, 1.807) is 24.3 Å². The van der Waals surface area contributed by atoms with Gasteiger partial charge in [-0.1, -0.05) is 24.3 Å². The van der Waals surface area contributed by atoms with E-state index in [2.05, 4.69) is 20.6 Å². The first-order valence-electron chi connectivity index (χ1n) is 8.75. The van der Waals surface area contributed by atoms with Crippen LogP contribution in [0.1, 0.15) is 23.2 Å². The predicted molar refractivity (Wildman–Crippen MR) is 101 cm³/mol. The molecule has 4 aromatic rings. The molecule has 0 saturated heterocycles. The molecule has 0 aliphatic rings. The van der Waals surface area contributed by atoms with E-state index in [9.17, 15) is 9.59 Å². The summed E-state index contributed by atoms with van der Waals surface area (Å²) in [5.74, 6) is 0.449. The second-order valence-corrected chi connectivity index (χ2v) is 6.07. The van der Waals surface area contributed by atoms with Gasteiger partial charge in [-0.3, -0.25) is 14.0 Å². The van der Waals surface area contributed by atoms with Crippen molar-refractivity contribution in [1.82, 2.24) is 29.7 Å². The molecule has 0 fully saturated rings. The number of rotatable bonds is 5. The van der Waals surface area contributed by atoms with E-state index >= 15 is 0 Å². The van der Waals surface area contributed by atoms with E-state index in [1.807, 2.05) is 35.7 Å². The Morgan fingerprint density at radius 3 is 2.67 bits per heavy atom. The van der Waals surface area contributed by atoms with Crippen molar-refractivity contribution < 1.29 is 4.79 Å². The van der Waals surface area contributed by atoms with E-state index < -0.39 is 0 Å². The minimum Gasteiger partial charge on any atom is -0.350 e. The van der Waals surface area contributed by atoms with Gasteiger partial charge >= 0.3 is 0 Å². The summed E-state index contributed by atoms with van der Waals surface area (Å²) in [4.78, 5) is 25.1. The predicted octanol–water partition coefficient (Wildman–Crippen LogP) is 1.43. The lowest BCUT2D eigenvalue weighted by atomic mass is 10.1. The van der Waals surface area contributed by atoms with E-state index in [-0.39, 0.29) is 17.2 Å². The van der Waals surface area contributed by atoms with Crippen molar-refractivity contribution in [1.29, 1.82) is 0 Å². The number of aromatic nitrogens is 5. The van der Waals surface area contributed by atoms with Crippen molar-refractivity contribution in [3.05, 3.63) is 70.5 Å². The van der Waals surface area contributed by atoms with Gasteiger partial charge in [0.25, 0.3) is 11.5 Å². The first-order valence-corrected chi connectivity index (χ1v) is 8.75. The lowest BCUT2D eigenvalue weighted by Gasteiger charge is -2.10. The number of nitrogens with one attached hydrogen (secondary N) is 1. The number of nitrogens with zero attached hydrogens (tertiary/aromatic N) is 5. The summed E-state index contributed by atoms with van der Waals surface area (Å²) in [6.45, 7) is 2.60. The molecule has 0 aliphatic carbocycles. The van der Waals surface area contributed by atoms with E-state index in [0.29, 0.717) is 30.3 Å². The molecule has 3 aromatic heterocycles. The molecular weight excluding hydrogens is 344 g/mol. The third kappa shape index (κ3) is 3.05. The minimum absolute atomic E-state index is 0.195. The van der Waals surface area contributed by atoms with Gasteiger partial charge in [-0.2, -0.15) is 5.10 Å². The van der Waals surface area contributed by atoms with Crippen LogP contribution in [0, 0.1) is 0 Å². The molecule has 0 saturated carbocycles. The van der Waals surface area contributed by atoms with Crippen LogP contribution in [0.25, 0.3) is 16.4 Å². The molecule has 8 nitrogen and oxygen atoms in total. The van der Waals surface area contributed by atoms with Gasteiger partial charge in [0.1, 0.15) is 5.82 Å². The van der Waals surface area contributed by atoms with E-state index in [1.165, 1.54) is 4.68 Å². The summed E-state index contributed by atoms with van der Waals surface area (Å²) < 4.78 is 3.19. The summed E-state index contributed by atoms with van der Waals surface area (Å²) >= 11 is 0. The number of fused-ring (bicyclic) bond motifs is 2. The first kappa shape index (κ1) is 16.9. The zero-order valence-corrected chi connectivity index (χ0v) is 14.8. The maximum Gasteiger partial charge on any atom is 0.274 e. The van der Waals surface area contributed by atoms with E-state index in [4.69, 9.17) is 0 Å². The molecule has 1 amide bonds. The monoisotopic (exact) mass is 362 g/mol. The molecule has 27 heavy (non-hydrogen) atoms. The Bertz CT molecular complexity index is 1190. The average Bonchev–Trinajstić information content (AvgIpc) is 3.12. The number of hydrogen-bond donors (Lipinski definition) is 1. The van der Waals surface area contributed by atoms with Crippen molar-refractivity contribution in [3.8, 4) is 0 Å². The molecule has 0 bridgehead atoms. The SMILES string of the molecule is CCn1nc(C(=O)NCCc2nnc3ccccn23)c2ccccc2c1=O. The van der Waals surface area contributed by atoms with Crippen molar-refractivity contribution in [2.45, 2.75) is 19.9 Å². The van der Waals surface area contributed by atoms with Crippen LogP contribution in [-0.4, -0.2) is 36.8 Å². The number of aryl methyl sites for hydroxylation is 1. The Morgan fingerprint density at radius 1 is 1.07 bits per heavy atom. The van der Waals surface area contributed by atoms with Crippen LogP contribution in [-0.2, 0) is 13.0 Å². The van der Waals surface area contributed by atoms with Crippen molar-refractivity contribution in [2.24, 2.45) is 0 Å². The number of amides is 1. The molecule has 0 radical (unpaired) electrons. The normalized spacial score (nSPS) is 11.1. The molecule has 1 aromatic carbocycles. The van der Waals surface area contributed by atoms with E-state index in [0.717, 1.165) is 11.5 Å². The first-order chi connectivity index (χ1) is 13.2. The highest BCUT2D eigenvalue weighted by molar-refractivity contribution is 6.04. The van der Waals surface area contributed by atoms with Gasteiger partial charge < -0.3 is 5.32 Å². The third-order valence-corrected chi connectivity index (χ3v) is 4.40. The lowest BCUT2D eigenvalue weighted by Crippen LogP contribution is -2.31. The van der Waals surface area contributed by atoms with Crippen LogP contribution < -0.4 is 10.9 Å². The molecule has 136 valence electrons. The summed E-state index contributed by atoms with van der Waals surface area (Å²) in [5.41, 5.74) is 0.819. The van der Waals surface area contributed by atoms with Gasteiger partial charge in [-0.05, 0) is 25.1 Å². The Hall–Kier alpha value is -3.55. The molecule has 3 heterocycles. The van der Waals surface area contributed by atoms with Crippen molar-refractivity contribution >= 4 is 22.3 Å². The van der Waals surface area contributed by atoms with Crippen LogP contribution in [0.3, 0.4) is 0 Å². The highest BCUT2D eigenvalue weighted by Crippen LogP contribution is 2.13. The van der Waals surface area contributed by atoms with Gasteiger partial charge in [0.05, 0.1) is 5.39 Å². The molecule has 0 atom stereocenters. The minimum atomic E-state index is -0.317. The molecular formula is C19H18N6O2. The highest BCUT2D eigenvalue weighted by atomic mass is 16.2. The van der Waals surface area contributed by atoms with Crippen LogP contribution in [0.5, 0.6) is 0 Å². The fourth-order valence-corrected chi connectivity index (χ4v) is 3.05. The fraction of sp³-hybridized carbons (Fsp3) is 0.211. The smallest absolute Gasteiger partial charge is 0.274 e. The topological polar surface area (TPSA) is 94.2 Å². The summed E-state index contributed by atoms with van der Waals surface area (Å²) in [7, 11) is 0. The summed E-state index contributed by atoms with van der Waals surface area (Å²) in [6, 6.07) is 12.7. The maximum atomic E-state index is 12.7. The summed E-state index contributed by atoms with van der Waals surface area (Å²) in [6.07, 6.45) is 2.42.